The van der Waals surface area contributed by atoms with Gasteiger partial charge in [-0.2, -0.15) is 0 Å². The van der Waals surface area contributed by atoms with Gasteiger partial charge in [0.1, 0.15) is 5.82 Å². The lowest BCUT2D eigenvalue weighted by Gasteiger charge is -2.27. The van der Waals surface area contributed by atoms with Crippen LogP contribution in [-0.4, -0.2) is 48.1 Å². The number of aliphatic carboxylic acids is 1. The van der Waals surface area contributed by atoms with Crippen molar-refractivity contribution in [3.05, 3.63) is 35.6 Å². The molecule has 1 aromatic carbocycles. The standard InChI is InChI=1S/C16H19FN2O3/c17-13-4-2-1-3-12(13)16(5-6-16)15(22)19-8-7-18-9-11(10-19)14(20)21/h1-4,11,18H,5-10H2,(H,20,21). The monoisotopic (exact) mass is 306 g/mol. The molecule has 1 aliphatic heterocycles. The summed E-state index contributed by atoms with van der Waals surface area (Å²) in [5.41, 5.74) is -0.359. The first-order valence-corrected chi connectivity index (χ1v) is 7.52. The van der Waals surface area contributed by atoms with Gasteiger partial charge in [-0.25, -0.2) is 4.39 Å². The van der Waals surface area contributed by atoms with Crippen LogP contribution in [0.5, 0.6) is 0 Å². The van der Waals surface area contributed by atoms with E-state index < -0.39 is 17.3 Å². The molecule has 1 aromatic rings. The van der Waals surface area contributed by atoms with Crippen molar-refractivity contribution in [3.63, 3.8) is 0 Å². The van der Waals surface area contributed by atoms with Crippen molar-refractivity contribution in [3.8, 4) is 0 Å². The van der Waals surface area contributed by atoms with Crippen molar-refractivity contribution in [1.29, 1.82) is 0 Å². The second-order valence-corrected chi connectivity index (χ2v) is 6.05. The van der Waals surface area contributed by atoms with E-state index in [-0.39, 0.29) is 18.3 Å². The number of amides is 1. The lowest BCUT2D eigenvalue weighted by atomic mass is 9.93. The number of carbonyl (C=O) groups excluding carboxylic acids is 1. The summed E-state index contributed by atoms with van der Waals surface area (Å²) in [5.74, 6) is -2.05. The minimum absolute atomic E-state index is 0.146. The molecular formula is C16H19FN2O3. The lowest BCUT2D eigenvalue weighted by molar-refractivity contribution is -0.143. The van der Waals surface area contributed by atoms with E-state index in [1.807, 2.05) is 0 Å². The summed E-state index contributed by atoms with van der Waals surface area (Å²) in [5, 5.41) is 12.2. The molecule has 22 heavy (non-hydrogen) atoms. The number of carboxylic acids is 1. The predicted octanol–water partition coefficient (Wildman–Crippen LogP) is 0.990. The molecule has 1 atom stereocenters. The first-order chi connectivity index (χ1) is 10.5. The zero-order valence-electron chi connectivity index (χ0n) is 12.2. The molecule has 1 heterocycles. The number of nitrogens with zero attached hydrogens (tertiary/aromatic N) is 1. The Balaban J connectivity index is 1.84. The van der Waals surface area contributed by atoms with E-state index in [0.717, 1.165) is 0 Å². The quantitative estimate of drug-likeness (QED) is 0.874. The van der Waals surface area contributed by atoms with Crippen LogP contribution in [0.15, 0.2) is 24.3 Å². The molecule has 0 bridgehead atoms. The third kappa shape index (κ3) is 2.59. The van der Waals surface area contributed by atoms with Gasteiger partial charge in [0.25, 0.3) is 0 Å². The van der Waals surface area contributed by atoms with Crippen LogP contribution >= 0.6 is 0 Å². The zero-order valence-corrected chi connectivity index (χ0v) is 12.2. The van der Waals surface area contributed by atoms with E-state index in [9.17, 15) is 19.1 Å². The second-order valence-electron chi connectivity index (χ2n) is 6.05. The zero-order chi connectivity index (χ0) is 15.7. The van der Waals surface area contributed by atoms with Crippen LogP contribution in [0.2, 0.25) is 0 Å². The van der Waals surface area contributed by atoms with Crippen molar-refractivity contribution in [2.45, 2.75) is 18.3 Å². The molecular weight excluding hydrogens is 287 g/mol. The lowest BCUT2D eigenvalue weighted by Crippen LogP contribution is -2.43. The van der Waals surface area contributed by atoms with Gasteiger partial charge in [-0.3, -0.25) is 9.59 Å². The first-order valence-electron chi connectivity index (χ1n) is 7.52. The SMILES string of the molecule is O=C(O)C1CNCCN(C(=O)C2(c3ccccc3F)CC2)C1. The molecule has 2 fully saturated rings. The summed E-state index contributed by atoms with van der Waals surface area (Å²) in [6.45, 7) is 1.55. The fourth-order valence-corrected chi connectivity index (χ4v) is 3.14. The molecule has 3 rings (SSSR count). The molecule has 118 valence electrons. The maximum atomic E-state index is 14.1. The van der Waals surface area contributed by atoms with E-state index in [1.54, 1.807) is 23.1 Å². The summed E-state index contributed by atoms with van der Waals surface area (Å²) >= 11 is 0. The maximum Gasteiger partial charge on any atom is 0.309 e. The topological polar surface area (TPSA) is 69.6 Å². The third-order valence-electron chi connectivity index (χ3n) is 4.58. The summed E-state index contributed by atoms with van der Waals surface area (Å²) in [6, 6.07) is 6.36. The number of carboxylic acid groups (broad SMARTS) is 1. The largest absolute Gasteiger partial charge is 0.481 e. The molecule has 1 amide bonds. The highest BCUT2D eigenvalue weighted by molar-refractivity contribution is 5.91. The smallest absolute Gasteiger partial charge is 0.309 e. The molecule has 6 heteroatoms. The summed E-state index contributed by atoms with van der Waals surface area (Å²) < 4.78 is 14.1. The van der Waals surface area contributed by atoms with Gasteiger partial charge in [-0.15, -0.1) is 0 Å². The van der Waals surface area contributed by atoms with Gasteiger partial charge in [0.2, 0.25) is 5.91 Å². The number of halogens is 1. The first kappa shape index (κ1) is 15.0. The van der Waals surface area contributed by atoms with Crippen LogP contribution in [0, 0.1) is 11.7 Å². The van der Waals surface area contributed by atoms with E-state index in [4.69, 9.17) is 0 Å². The van der Waals surface area contributed by atoms with Crippen LogP contribution in [0.3, 0.4) is 0 Å². The van der Waals surface area contributed by atoms with Crippen molar-refractivity contribution in [2.75, 3.05) is 26.2 Å². The van der Waals surface area contributed by atoms with Crippen molar-refractivity contribution in [1.82, 2.24) is 10.2 Å². The van der Waals surface area contributed by atoms with Gasteiger partial charge >= 0.3 is 5.97 Å². The molecule has 1 aliphatic carbocycles. The molecule has 2 aliphatic rings. The van der Waals surface area contributed by atoms with Gasteiger partial charge in [0.05, 0.1) is 11.3 Å². The summed E-state index contributed by atoms with van der Waals surface area (Å²) in [7, 11) is 0. The number of hydrogen-bond acceptors (Lipinski definition) is 3. The fourth-order valence-electron chi connectivity index (χ4n) is 3.14. The molecule has 0 spiro atoms. The number of nitrogens with one attached hydrogen (secondary N) is 1. The van der Waals surface area contributed by atoms with Crippen molar-refractivity contribution < 1.29 is 19.1 Å². The number of carbonyl (C=O) groups is 2. The highest BCUT2D eigenvalue weighted by Gasteiger charge is 2.54. The van der Waals surface area contributed by atoms with Crippen LogP contribution in [0.1, 0.15) is 18.4 Å². The Morgan fingerprint density at radius 3 is 2.68 bits per heavy atom. The highest BCUT2D eigenvalue weighted by Crippen LogP contribution is 2.50. The average molecular weight is 306 g/mol. The van der Waals surface area contributed by atoms with Crippen LogP contribution in [0.4, 0.5) is 4.39 Å². The predicted molar refractivity (Wildman–Crippen MR) is 77.9 cm³/mol. The molecule has 5 nitrogen and oxygen atoms in total. The van der Waals surface area contributed by atoms with Gasteiger partial charge in [0, 0.05) is 31.7 Å². The fraction of sp³-hybridized carbons (Fsp3) is 0.500. The Kier molecular flexibility index (Phi) is 3.87. The van der Waals surface area contributed by atoms with Gasteiger partial charge < -0.3 is 15.3 Å². The molecule has 0 radical (unpaired) electrons. The maximum absolute atomic E-state index is 14.1. The summed E-state index contributed by atoms with van der Waals surface area (Å²) in [4.78, 5) is 25.7. The van der Waals surface area contributed by atoms with Crippen molar-refractivity contribution in [2.24, 2.45) is 5.92 Å². The van der Waals surface area contributed by atoms with Crippen molar-refractivity contribution >= 4 is 11.9 Å². The number of hydrogen-bond donors (Lipinski definition) is 2. The number of rotatable bonds is 3. The summed E-state index contributed by atoms with van der Waals surface area (Å²) in [6.07, 6.45) is 1.24. The normalized spacial score (nSPS) is 23.7. The van der Waals surface area contributed by atoms with E-state index in [0.29, 0.717) is 38.0 Å². The van der Waals surface area contributed by atoms with Crippen LogP contribution in [-0.2, 0) is 15.0 Å². The molecule has 1 saturated heterocycles. The van der Waals surface area contributed by atoms with Gasteiger partial charge in [0.15, 0.2) is 0 Å². The minimum atomic E-state index is -0.914. The molecule has 1 saturated carbocycles. The number of benzene rings is 1. The highest BCUT2D eigenvalue weighted by atomic mass is 19.1. The van der Waals surface area contributed by atoms with Crippen LogP contribution in [0.25, 0.3) is 0 Å². The molecule has 2 N–H and O–H groups in total. The second kappa shape index (κ2) is 5.68. The Morgan fingerprint density at radius 2 is 2.05 bits per heavy atom. The molecule has 0 aromatic heterocycles. The van der Waals surface area contributed by atoms with E-state index >= 15 is 0 Å². The minimum Gasteiger partial charge on any atom is -0.481 e. The molecule has 1 unspecified atom stereocenters. The Labute approximate surface area is 128 Å². The third-order valence-corrected chi connectivity index (χ3v) is 4.58. The Morgan fingerprint density at radius 1 is 1.32 bits per heavy atom. The Hall–Kier alpha value is -1.95. The average Bonchev–Trinajstić information content (AvgIpc) is 3.31. The Bertz CT molecular complexity index is 601. The van der Waals surface area contributed by atoms with E-state index in [2.05, 4.69) is 5.32 Å². The van der Waals surface area contributed by atoms with Gasteiger partial charge in [-0.05, 0) is 18.9 Å². The van der Waals surface area contributed by atoms with Gasteiger partial charge in [-0.1, -0.05) is 18.2 Å². The van der Waals surface area contributed by atoms with E-state index in [1.165, 1.54) is 6.07 Å². The van der Waals surface area contributed by atoms with Crippen LogP contribution < -0.4 is 5.32 Å².